The van der Waals surface area contributed by atoms with Crippen molar-refractivity contribution in [1.82, 2.24) is 24.9 Å². The van der Waals surface area contributed by atoms with Crippen LogP contribution in [0.15, 0.2) is 24.4 Å². The van der Waals surface area contributed by atoms with Gasteiger partial charge in [0.25, 0.3) is 5.91 Å². The van der Waals surface area contributed by atoms with Crippen LogP contribution in [-0.2, 0) is 25.9 Å². The first-order valence-electron chi connectivity index (χ1n) is 8.47. The smallest absolute Gasteiger partial charge is 0.254 e. The molecule has 0 unspecified atom stereocenters. The molecule has 0 bridgehead atoms. The number of benzene rings is 1. The van der Waals surface area contributed by atoms with Gasteiger partial charge in [0.2, 0.25) is 0 Å². The number of hydrogen-bond acceptors (Lipinski definition) is 3. The normalized spacial score (nSPS) is 15.4. The Morgan fingerprint density at radius 3 is 2.88 bits per heavy atom. The largest absolute Gasteiger partial charge is 0.334 e. The molecule has 8 heteroatoms. The fraction of sp³-hybridized carbons (Fsp3) is 0.278. The number of hydrogen-bond donors (Lipinski definition) is 1. The van der Waals surface area contributed by atoms with Crippen molar-refractivity contribution < 1.29 is 4.79 Å². The van der Waals surface area contributed by atoms with E-state index in [0.29, 0.717) is 28.7 Å². The Morgan fingerprint density at radius 2 is 2.04 bits per heavy atom. The van der Waals surface area contributed by atoms with E-state index in [0.717, 1.165) is 42.0 Å². The second-order valence-electron chi connectivity index (χ2n) is 6.61. The molecule has 0 radical (unpaired) electrons. The Bertz CT molecular complexity index is 1040. The minimum atomic E-state index is -0.0489. The number of halogens is 2. The maximum atomic E-state index is 12.9. The average Bonchev–Trinajstić information content (AvgIpc) is 3.26. The lowest BCUT2D eigenvalue weighted by molar-refractivity contribution is 0.0734. The van der Waals surface area contributed by atoms with Gasteiger partial charge in [-0.2, -0.15) is 10.2 Å². The summed E-state index contributed by atoms with van der Waals surface area (Å²) in [5, 5.41) is 12.9. The van der Waals surface area contributed by atoms with Crippen molar-refractivity contribution in [3.05, 3.63) is 56.8 Å². The summed E-state index contributed by atoms with van der Waals surface area (Å²) in [6, 6.07) is 5.00. The fourth-order valence-corrected chi connectivity index (χ4v) is 4.07. The van der Waals surface area contributed by atoms with Crippen LogP contribution in [0.25, 0.3) is 11.4 Å². The number of carbonyl (C=O) groups excluding carboxylic acids is 1. The molecule has 2 aliphatic heterocycles. The van der Waals surface area contributed by atoms with Gasteiger partial charge in [-0.3, -0.25) is 14.6 Å². The topological polar surface area (TPSA) is 66.8 Å². The Hall–Kier alpha value is -2.31. The number of carbonyl (C=O) groups is 1. The van der Waals surface area contributed by atoms with Gasteiger partial charge in [-0.15, -0.1) is 0 Å². The molecule has 2 aromatic heterocycles. The molecule has 0 saturated carbocycles. The highest BCUT2D eigenvalue weighted by Crippen LogP contribution is 2.35. The van der Waals surface area contributed by atoms with Crippen molar-refractivity contribution in [2.24, 2.45) is 0 Å². The van der Waals surface area contributed by atoms with Gasteiger partial charge in [0.05, 0.1) is 28.0 Å². The number of rotatable bonds is 1. The molecule has 0 atom stereocenters. The Kier molecular flexibility index (Phi) is 3.58. The molecule has 1 amide bonds. The second-order valence-corrected chi connectivity index (χ2v) is 7.43. The number of fused-ring (bicyclic) bond motifs is 5. The van der Waals surface area contributed by atoms with Gasteiger partial charge in [-0.05, 0) is 24.6 Å². The molecular formula is C18H15Cl2N5O. The number of aromatic amines is 1. The first-order valence-corrected chi connectivity index (χ1v) is 9.23. The van der Waals surface area contributed by atoms with Crippen molar-refractivity contribution in [3.8, 4) is 11.4 Å². The zero-order chi connectivity index (χ0) is 17.8. The van der Waals surface area contributed by atoms with Crippen molar-refractivity contribution in [2.45, 2.75) is 25.9 Å². The Balaban J connectivity index is 1.50. The van der Waals surface area contributed by atoms with E-state index < -0.39 is 0 Å². The number of H-pyrrole nitrogens is 1. The monoisotopic (exact) mass is 387 g/mol. The van der Waals surface area contributed by atoms with Crippen molar-refractivity contribution in [1.29, 1.82) is 0 Å². The summed E-state index contributed by atoms with van der Waals surface area (Å²) in [7, 11) is 0. The molecule has 0 saturated heterocycles. The molecule has 26 heavy (non-hydrogen) atoms. The summed E-state index contributed by atoms with van der Waals surface area (Å²) >= 11 is 12.0. The van der Waals surface area contributed by atoms with E-state index in [9.17, 15) is 4.79 Å². The van der Waals surface area contributed by atoms with Crippen LogP contribution in [0.2, 0.25) is 10.0 Å². The van der Waals surface area contributed by atoms with E-state index in [1.807, 2.05) is 15.8 Å². The molecule has 4 heterocycles. The van der Waals surface area contributed by atoms with Gasteiger partial charge in [0, 0.05) is 42.4 Å². The summed E-state index contributed by atoms with van der Waals surface area (Å²) < 4.78 is 2.03. The van der Waals surface area contributed by atoms with Crippen LogP contribution in [0.4, 0.5) is 0 Å². The zero-order valence-corrected chi connectivity index (χ0v) is 15.3. The molecular weight excluding hydrogens is 373 g/mol. The van der Waals surface area contributed by atoms with Crippen LogP contribution in [0.5, 0.6) is 0 Å². The summed E-state index contributed by atoms with van der Waals surface area (Å²) in [4.78, 5) is 14.8. The number of aryl methyl sites for hydroxylation is 2. The number of aromatic nitrogens is 4. The van der Waals surface area contributed by atoms with E-state index in [4.69, 9.17) is 28.3 Å². The quantitative estimate of drug-likeness (QED) is 0.696. The predicted molar refractivity (Wildman–Crippen MR) is 98.4 cm³/mol. The molecule has 0 fully saturated rings. The van der Waals surface area contributed by atoms with E-state index in [1.165, 1.54) is 5.56 Å². The zero-order valence-electron chi connectivity index (χ0n) is 13.8. The van der Waals surface area contributed by atoms with Gasteiger partial charge in [0.1, 0.15) is 5.69 Å². The van der Waals surface area contributed by atoms with Gasteiger partial charge in [0.15, 0.2) is 0 Å². The summed E-state index contributed by atoms with van der Waals surface area (Å²) in [5.74, 6) is -0.0489. The molecule has 132 valence electrons. The number of amides is 1. The maximum Gasteiger partial charge on any atom is 0.254 e. The van der Waals surface area contributed by atoms with Crippen LogP contribution in [0.3, 0.4) is 0 Å². The Labute approximate surface area is 159 Å². The average molecular weight is 388 g/mol. The standard InChI is InChI=1S/C18H15Cl2N5O/c19-13-2-1-10(7-14(13)20)18(26)24-5-4-15-12(9-24)17-16-11(8-21-22-16)3-6-25(17)23-15/h1-2,7-8H,3-6,9H2,(H,21,22). The lowest BCUT2D eigenvalue weighted by atomic mass is 9.99. The molecule has 3 aromatic rings. The van der Waals surface area contributed by atoms with Crippen LogP contribution in [-0.4, -0.2) is 37.3 Å². The number of nitrogens with zero attached hydrogens (tertiary/aromatic N) is 4. The lowest BCUT2D eigenvalue weighted by Crippen LogP contribution is -2.36. The third-order valence-corrected chi connectivity index (χ3v) is 5.83. The van der Waals surface area contributed by atoms with E-state index in [-0.39, 0.29) is 5.91 Å². The van der Waals surface area contributed by atoms with Gasteiger partial charge in [-0.25, -0.2) is 0 Å². The molecule has 1 N–H and O–H groups in total. The van der Waals surface area contributed by atoms with E-state index >= 15 is 0 Å². The van der Waals surface area contributed by atoms with Gasteiger partial charge >= 0.3 is 0 Å². The van der Waals surface area contributed by atoms with Crippen molar-refractivity contribution in [2.75, 3.05) is 6.54 Å². The SMILES string of the molecule is O=C(c1ccc(Cl)c(Cl)c1)N1CCc2nn3c(c2C1)-c1n[nH]cc1CC3. The van der Waals surface area contributed by atoms with Crippen LogP contribution in [0.1, 0.15) is 27.2 Å². The van der Waals surface area contributed by atoms with Crippen LogP contribution in [0, 0.1) is 0 Å². The van der Waals surface area contributed by atoms with Crippen molar-refractivity contribution >= 4 is 29.1 Å². The van der Waals surface area contributed by atoms with Crippen LogP contribution < -0.4 is 0 Å². The van der Waals surface area contributed by atoms with E-state index in [1.54, 1.807) is 18.2 Å². The fourth-order valence-electron chi connectivity index (χ4n) is 3.78. The lowest BCUT2D eigenvalue weighted by Gasteiger charge is -2.27. The highest BCUT2D eigenvalue weighted by molar-refractivity contribution is 6.42. The first-order chi connectivity index (χ1) is 12.6. The minimum absolute atomic E-state index is 0.0489. The maximum absolute atomic E-state index is 12.9. The summed E-state index contributed by atoms with van der Waals surface area (Å²) in [5.41, 5.74) is 5.90. The van der Waals surface area contributed by atoms with Crippen LogP contribution >= 0.6 is 23.2 Å². The molecule has 1 aromatic carbocycles. The molecule has 2 aliphatic rings. The highest BCUT2D eigenvalue weighted by Gasteiger charge is 2.31. The van der Waals surface area contributed by atoms with Crippen molar-refractivity contribution in [3.63, 3.8) is 0 Å². The summed E-state index contributed by atoms with van der Waals surface area (Å²) in [6.45, 7) is 2.00. The minimum Gasteiger partial charge on any atom is -0.334 e. The third-order valence-electron chi connectivity index (χ3n) is 5.09. The number of nitrogens with one attached hydrogen (secondary N) is 1. The highest BCUT2D eigenvalue weighted by atomic mass is 35.5. The predicted octanol–water partition coefficient (Wildman–Crippen LogP) is 3.33. The second kappa shape index (κ2) is 5.86. The molecule has 0 spiro atoms. The summed E-state index contributed by atoms with van der Waals surface area (Å²) in [6.07, 6.45) is 3.60. The first kappa shape index (κ1) is 15.9. The van der Waals surface area contributed by atoms with Gasteiger partial charge < -0.3 is 4.90 Å². The molecule has 0 aliphatic carbocycles. The Morgan fingerprint density at radius 1 is 1.15 bits per heavy atom. The van der Waals surface area contributed by atoms with Gasteiger partial charge in [-0.1, -0.05) is 23.2 Å². The third kappa shape index (κ3) is 2.36. The molecule has 5 rings (SSSR count). The molecule has 6 nitrogen and oxygen atoms in total. The van der Waals surface area contributed by atoms with E-state index in [2.05, 4.69) is 10.2 Å².